The molecule has 0 aromatic carbocycles. The van der Waals surface area contributed by atoms with Crippen molar-refractivity contribution in [3.63, 3.8) is 0 Å². The molecule has 0 radical (unpaired) electrons. The van der Waals surface area contributed by atoms with E-state index in [1.54, 1.807) is 0 Å². The quantitative estimate of drug-likeness (QED) is 0.648. The Balaban J connectivity index is 2.05. The van der Waals surface area contributed by atoms with E-state index < -0.39 is 0 Å². The zero-order valence-electron chi connectivity index (χ0n) is 7.49. The average molecular weight is 199 g/mol. The molecule has 1 saturated carbocycles. The fraction of sp³-hybridized carbons (Fsp3) is 0.778. The number of hydrogen-bond donors (Lipinski definition) is 0. The van der Waals surface area contributed by atoms with Crippen molar-refractivity contribution in [3.05, 3.63) is 0 Å². The fourth-order valence-corrected chi connectivity index (χ4v) is 2.83. The van der Waals surface area contributed by atoms with E-state index in [1.165, 1.54) is 11.3 Å². The van der Waals surface area contributed by atoms with Gasteiger partial charge in [-0.05, 0) is 12.8 Å². The third-order valence-electron chi connectivity index (χ3n) is 2.72. The normalized spacial score (nSPS) is 25.7. The van der Waals surface area contributed by atoms with Gasteiger partial charge in [0.2, 0.25) is 5.91 Å². The summed E-state index contributed by atoms with van der Waals surface area (Å²) >= 11 is 1.14. The molecule has 0 aromatic heterocycles. The van der Waals surface area contributed by atoms with Gasteiger partial charge in [-0.15, -0.1) is 0 Å². The Bertz CT molecular complexity index is 220. The highest BCUT2D eigenvalue weighted by Crippen LogP contribution is 2.29. The molecule has 1 heterocycles. The predicted octanol–water partition coefficient (Wildman–Crippen LogP) is 2.01. The minimum atomic E-state index is -0.0306. The van der Waals surface area contributed by atoms with Gasteiger partial charge in [0.05, 0.1) is 5.75 Å². The van der Waals surface area contributed by atoms with Crippen molar-refractivity contribution in [2.45, 2.75) is 38.1 Å². The molecule has 0 aromatic rings. The van der Waals surface area contributed by atoms with Crippen LogP contribution in [0.15, 0.2) is 0 Å². The molecule has 1 aliphatic heterocycles. The van der Waals surface area contributed by atoms with Gasteiger partial charge in [0, 0.05) is 6.04 Å². The molecule has 3 nitrogen and oxygen atoms in total. The fourth-order valence-electron chi connectivity index (χ4n) is 2.06. The maximum atomic E-state index is 11.4. The van der Waals surface area contributed by atoms with E-state index >= 15 is 0 Å². The highest BCUT2D eigenvalue weighted by molar-refractivity contribution is 8.14. The Morgan fingerprint density at radius 3 is 2.38 bits per heavy atom. The van der Waals surface area contributed by atoms with E-state index in [0.717, 1.165) is 37.4 Å². The molecule has 0 N–H and O–H groups in total. The lowest BCUT2D eigenvalue weighted by Gasteiger charge is -2.28. The van der Waals surface area contributed by atoms with E-state index in [0.29, 0.717) is 5.75 Å². The summed E-state index contributed by atoms with van der Waals surface area (Å²) in [5.41, 5.74) is 0. The maximum absolute atomic E-state index is 11.4. The van der Waals surface area contributed by atoms with E-state index in [1.807, 2.05) is 0 Å². The molecule has 2 aliphatic rings. The molecular weight excluding hydrogens is 186 g/mol. The molecule has 0 spiro atoms. The van der Waals surface area contributed by atoms with Gasteiger partial charge < -0.3 is 0 Å². The summed E-state index contributed by atoms with van der Waals surface area (Å²) in [6.07, 6.45) is 5.59. The van der Waals surface area contributed by atoms with Crippen molar-refractivity contribution < 1.29 is 9.59 Å². The molecule has 4 heteroatoms. The summed E-state index contributed by atoms with van der Waals surface area (Å²) in [5.74, 6) is 0.372. The van der Waals surface area contributed by atoms with E-state index in [-0.39, 0.29) is 17.2 Å². The molecule has 0 unspecified atom stereocenters. The first kappa shape index (κ1) is 9.06. The Labute approximate surface area is 81.9 Å². The van der Waals surface area contributed by atoms with Crippen molar-refractivity contribution in [2.75, 3.05) is 5.75 Å². The van der Waals surface area contributed by atoms with Crippen LogP contribution < -0.4 is 0 Å². The summed E-state index contributed by atoms with van der Waals surface area (Å²) in [7, 11) is 0. The lowest BCUT2D eigenvalue weighted by Crippen LogP contribution is -2.40. The van der Waals surface area contributed by atoms with Gasteiger partial charge in [-0.3, -0.25) is 14.5 Å². The van der Waals surface area contributed by atoms with Crippen molar-refractivity contribution in [2.24, 2.45) is 0 Å². The third kappa shape index (κ3) is 1.73. The van der Waals surface area contributed by atoms with Crippen molar-refractivity contribution in [1.29, 1.82) is 0 Å². The first-order valence-corrected chi connectivity index (χ1v) is 5.76. The number of thioether (sulfide) groups is 1. The van der Waals surface area contributed by atoms with Gasteiger partial charge in [-0.25, -0.2) is 0 Å². The third-order valence-corrected chi connectivity index (χ3v) is 3.56. The Morgan fingerprint density at radius 2 is 1.85 bits per heavy atom. The van der Waals surface area contributed by atoms with Crippen LogP contribution in [-0.2, 0) is 4.79 Å². The number of imide groups is 1. The second-order valence-electron chi connectivity index (χ2n) is 3.61. The first-order valence-electron chi connectivity index (χ1n) is 4.78. The number of carbonyl (C=O) groups is 2. The van der Waals surface area contributed by atoms with Crippen LogP contribution in [0, 0.1) is 0 Å². The molecule has 2 amide bonds. The van der Waals surface area contributed by atoms with Gasteiger partial charge in [0.15, 0.2) is 0 Å². The number of amides is 2. The first-order chi connectivity index (χ1) is 6.29. The number of nitrogens with zero attached hydrogens (tertiary/aromatic N) is 1. The number of carbonyl (C=O) groups excluding carboxylic acids is 2. The minimum absolute atomic E-state index is 0.0156. The number of rotatable bonds is 1. The minimum Gasteiger partial charge on any atom is -0.273 e. The van der Waals surface area contributed by atoms with Crippen LogP contribution in [0.1, 0.15) is 32.1 Å². The molecule has 1 aliphatic carbocycles. The van der Waals surface area contributed by atoms with Gasteiger partial charge >= 0.3 is 0 Å². The summed E-state index contributed by atoms with van der Waals surface area (Å²) in [4.78, 5) is 24.2. The van der Waals surface area contributed by atoms with Gasteiger partial charge in [0.1, 0.15) is 0 Å². The standard InChI is InChI=1S/C9H13NO2S/c11-8-6-13-9(12)10(8)7-4-2-1-3-5-7/h7H,1-6H2. The summed E-state index contributed by atoms with van der Waals surface area (Å²) in [6, 6.07) is 0.212. The zero-order valence-corrected chi connectivity index (χ0v) is 8.31. The van der Waals surface area contributed by atoms with Crippen LogP contribution in [0.5, 0.6) is 0 Å². The predicted molar refractivity (Wildman–Crippen MR) is 51.6 cm³/mol. The maximum Gasteiger partial charge on any atom is 0.289 e. The van der Waals surface area contributed by atoms with E-state index in [4.69, 9.17) is 0 Å². The number of hydrogen-bond acceptors (Lipinski definition) is 3. The van der Waals surface area contributed by atoms with Crippen molar-refractivity contribution >= 4 is 22.9 Å². The molecule has 2 rings (SSSR count). The van der Waals surface area contributed by atoms with E-state index in [2.05, 4.69) is 0 Å². The summed E-state index contributed by atoms with van der Waals surface area (Å²) < 4.78 is 0. The zero-order chi connectivity index (χ0) is 9.26. The van der Waals surface area contributed by atoms with Crippen LogP contribution in [0.3, 0.4) is 0 Å². The SMILES string of the molecule is O=C1CSC(=O)N1C1CCCCC1. The van der Waals surface area contributed by atoms with Crippen LogP contribution in [-0.4, -0.2) is 27.8 Å². The Hall–Kier alpha value is -0.510. The molecule has 0 atom stereocenters. The molecule has 0 bridgehead atoms. The largest absolute Gasteiger partial charge is 0.289 e. The second kappa shape index (κ2) is 3.70. The summed E-state index contributed by atoms with van der Waals surface area (Å²) in [5, 5.41) is -0.0306. The lowest BCUT2D eigenvalue weighted by atomic mass is 9.94. The van der Waals surface area contributed by atoms with Crippen molar-refractivity contribution in [1.82, 2.24) is 4.90 Å². The Kier molecular flexibility index (Phi) is 2.58. The molecule has 2 fully saturated rings. The Morgan fingerprint density at radius 1 is 1.15 bits per heavy atom. The van der Waals surface area contributed by atoms with Crippen LogP contribution in [0.25, 0.3) is 0 Å². The van der Waals surface area contributed by atoms with Crippen molar-refractivity contribution in [3.8, 4) is 0 Å². The van der Waals surface area contributed by atoms with Crippen LogP contribution >= 0.6 is 11.8 Å². The van der Waals surface area contributed by atoms with Crippen LogP contribution in [0.4, 0.5) is 4.79 Å². The highest BCUT2D eigenvalue weighted by atomic mass is 32.2. The van der Waals surface area contributed by atoms with Gasteiger partial charge in [0.25, 0.3) is 5.24 Å². The monoisotopic (exact) mass is 199 g/mol. The average Bonchev–Trinajstić information content (AvgIpc) is 2.48. The lowest BCUT2D eigenvalue weighted by molar-refractivity contribution is -0.126. The molecule has 72 valence electrons. The second-order valence-corrected chi connectivity index (χ2v) is 4.54. The molecule has 1 saturated heterocycles. The topological polar surface area (TPSA) is 37.4 Å². The van der Waals surface area contributed by atoms with Crippen LogP contribution in [0.2, 0.25) is 0 Å². The highest BCUT2D eigenvalue weighted by Gasteiger charge is 2.35. The smallest absolute Gasteiger partial charge is 0.273 e. The van der Waals surface area contributed by atoms with Gasteiger partial charge in [-0.2, -0.15) is 0 Å². The molecule has 13 heavy (non-hydrogen) atoms. The summed E-state index contributed by atoms with van der Waals surface area (Å²) in [6.45, 7) is 0. The van der Waals surface area contributed by atoms with E-state index in [9.17, 15) is 9.59 Å². The van der Waals surface area contributed by atoms with Gasteiger partial charge in [-0.1, -0.05) is 31.0 Å². The molecular formula is C9H13NO2S.